The van der Waals surface area contributed by atoms with E-state index in [9.17, 15) is 9.59 Å². The second kappa shape index (κ2) is 11.9. The summed E-state index contributed by atoms with van der Waals surface area (Å²) in [5, 5.41) is 3.21. The van der Waals surface area contributed by atoms with E-state index < -0.39 is 0 Å². The maximum atomic E-state index is 13.5. The number of nitrogens with zero attached hydrogens (tertiary/aromatic N) is 4. The highest BCUT2D eigenvalue weighted by Crippen LogP contribution is 2.39. The Kier molecular flexibility index (Phi) is 8.95. The Balaban J connectivity index is 1.95. The Hall–Kier alpha value is -3.56. The van der Waals surface area contributed by atoms with E-state index in [-0.39, 0.29) is 29.9 Å². The fourth-order valence-corrected chi connectivity index (χ4v) is 4.52. The second-order valence-corrected chi connectivity index (χ2v) is 9.27. The number of anilines is 2. The quantitative estimate of drug-likeness (QED) is 0.521. The third-order valence-electron chi connectivity index (χ3n) is 6.22. The molecule has 0 bridgehead atoms. The van der Waals surface area contributed by atoms with Gasteiger partial charge in [0.05, 0.1) is 25.6 Å². The third kappa shape index (κ3) is 6.35. The van der Waals surface area contributed by atoms with Gasteiger partial charge in [-0.25, -0.2) is 9.97 Å². The minimum absolute atomic E-state index is 0.102. The van der Waals surface area contributed by atoms with Gasteiger partial charge in [-0.3, -0.25) is 9.59 Å². The molecule has 0 spiro atoms. The predicted molar refractivity (Wildman–Crippen MR) is 138 cm³/mol. The molecule has 1 aromatic carbocycles. The summed E-state index contributed by atoms with van der Waals surface area (Å²) in [7, 11) is 8.97. The fraction of sp³-hybridized carbons (Fsp3) is 0.538. The summed E-state index contributed by atoms with van der Waals surface area (Å²) in [6, 6.07) is 5.59. The van der Waals surface area contributed by atoms with Crippen LogP contribution in [-0.2, 0) is 9.53 Å². The lowest BCUT2D eigenvalue weighted by molar-refractivity contribution is -0.148. The molecule has 3 unspecified atom stereocenters. The normalized spacial score (nSPS) is 19.2. The van der Waals surface area contributed by atoms with Gasteiger partial charge in [0, 0.05) is 47.1 Å². The van der Waals surface area contributed by atoms with E-state index in [2.05, 4.69) is 15.3 Å². The van der Waals surface area contributed by atoms with Crippen molar-refractivity contribution >= 4 is 23.5 Å². The molecule has 1 saturated carbocycles. The monoisotopic (exact) mass is 499 g/mol. The van der Waals surface area contributed by atoms with Crippen LogP contribution in [0.5, 0.6) is 11.5 Å². The van der Waals surface area contributed by atoms with Crippen LogP contribution in [0.3, 0.4) is 0 Å². The number of nitrogens with one attached hydrogen (secondary N) is 1. The first-order chi connectivity index (χ1) is 17.1. The molecule has 1 aliphatic carbocycles. The summed E-state index contributed by atoms with van der Waals surface area (Å²) in [5.74, 6) is 1.05. The summed E-state index contributed by atoms with van der Waals surface area (Å²) in [5.41, 5.74) is 1.92. The predicted octanol–water partition coefficient (Wildman–Crippen LogP) is 3.01. The lowest BCUT2D eigenvalue weighted by atomic mass is 9.78. The lowest BCUT2D eigenvalue weighted by Crippen LogP contribution is -2.45. The van der Waals surface area contributed by atoms with E-state index in [0.29, 0.717) is 54.7 Å². The summed E-state index contributed by atoms with van der Waals surface area (Å²) >= 11 is 0. The average Bonchev–Trinajstić information content (AvgIpc) is 2.84. The Morgan fingerprint density at radius 1 is 1.11 bits per heavy atom. The number of aromatic nitrogens is 2. The number of hydrogen-bond donors (Lipinski definition) is 1. The molecule has 1 aromatic heterocycles. The number of hydrogen-bond acceptors (Lipinski definition) is 9. The van der Waals surface area contributed by atoms with Crippen molar-refractivity contribution in [1.82, 2.24) is 15.3 Å². The Morgan fingerprint density at radius 3 is 2.47 bits per heavy atom. The van der Waals surface area contributed by atoms with Crippen LogP contribution in [0.25, 0.3) is 0 Å². The maximum Gasteiger partial charge on any atom is 0.302 e. The number of esters is 1. The first kappa shape index (κ1) is 27.0. The average molecular weight is 500 g/mol. The van der Waals surface area contributed by atoms with E-state index in [4.69, 9.17) is 14.2 Å². The van der Waals surface area contributed by atoms with Crippen LogP contribution in [-0.4, -0.2) is 75.9 Å². The zero-order chi connectivity index (χ0) is 26.4. The van der Waals surface area contributed by atoms with E-state index in [1.54, 1.807) is 18.2 Å². The SMILES string of the molecule is CCOc1cc(C2CC(OC(C)=O)CCC2NC(=O)c2nc(N(C)C)ncc2N(C)C)ccc1OC. The van der Waals surface area contributed by atoms with Gasteiger partial charge in [0.1, 0.15) is 6.10 Å². The van der Waals surface area contributed by atoms with Crippen LogP contribution >= 0.6 is 0 Å². The number of carbonyl (C=O) groups is 2. The smallest absolute Gasteiger partial charge is 0.302 e. The summed E-state index contributed by atoms with van der Waals surface area (Å²) in [6.45, 7) is 3.83. The highest BCUT2D eigenvalue weighted by atomic mass is 16.5. The summed E-state index contributed by atoms with van der Waals surface area (Å²) in [4.78, 5) is 37.7. The van der Waals surface area contributed by atoms with Crippen molar-refractivity contribution in [3.63, 3.8) is 0 Å². The van der Waals surface area contributed by atoms with Gasteiger partial charge < -0.3 is 29.3 Å². The van der Waals surface area contributed by atoms with Gasteiger partial charge in [0.15, 0.2) is 17.2 Å². The Bertz CT molecular complexity index is 1070. The number of ether oxygens (including phenoxy) is 3. The molecule has 1 fully saturated rings. The van der Waals surface area contributed by atoms with Gasteiger partial charge in [-0.15, -0.1) is 0 Å². The number of methoxy groups -OCH3 is 1. The minimum atomic E-state index is -0.307. The van der Waals surface area contributed by atoms with Crippen molar-refractivity contribution in [3.8, 4) is 11.5 Å². The molecule has 0 aliphatic heterocycles. The fourth-order valence-electron chi connectivity index (χ4n) is 4.52. The van der Waals surface area contributed by atoms with Crippen LogP contribution in [0.2, 0.25) is 0 Å². The summed E-state index contributed by atoms with van der Waals surface area (Å²) < 4.78 is 16.8. The topological polar surface area (TPSA) is 106 Å². The van der Waals surface area contributed by atoms with Crippen molar-refractivity contribution in [1.29, 1.82) is 0 Å². The van der Waals surface area contributed by atoms with Crippen LogP contribution in [0.15, 0.2) is 24.4 Å². The van der Waals surface area contributed by atoms with E-state index in [1.807, 2.05) is 58.2 Å². The molecule has 1 N–H and O–H groups in total. The molecule has 196 valence electrons. The van der Waals surface area contributed by atoms with Gasteiger partial charge in [-0.05, 0) is 43.9 Å². The molecule has 1 amide bonds. The molecular weight excluding hydrogens is 462 g/mol. The highest BCUT2D eigenvalue weighted by Gasteiger charge is 2.35. The molecule has 10 heteroatoms. The molecule has 1 aliphatic rings. The number of amides is 1. The van der Waals surface area contributed by atoms with Gasteiger partial charge in [-0.1, -0.05) is 6.07 Å². The van der Waals surface area contributed by atoms with Gasteiger partial charge in [0.25, 0.3) is 5.91 Å². The summed E-state index contributed by atoms with van der Waals surface area (Å²) in [6.07, 6.45) is 3.31. The van der Waals surface area contributed by atoms with Gasteiger partial charge in [0.2, 0.25) is 5.95 Å². The number of rotatable bonds is 9. The molecule has 36 heavy (non-hydrogen) atoms. The van der Waals surface area contributed by atoms with Crippen molar-refractivity contribution in [2.75, 3.05) is 51.7 Å². The van der Waals surface area contributed by atoms with E-state index in [1.165, 1.54) is 6.92 Å². The lowest BCUT2D eigenvalue weighted by Gasteiger charge is -2.36. The molecule has 0 radical (unpaired) electrons. The maximum absolute atomic E-state index is 13.5. The molecular formula is C26H37N5O5. The van der Waals surface area contributed by atoms with Gasteiger partial charge >= 0.3 is 5.97 Å². The van der Waals surface area contributed by atoms with Crippen molar-refractivity contribution < 1.29 is 23.8 Å². The van der Waals surface area contributed by atoms with E-state index >= 15 is 0 Å². The standard InChI is InChI=1S/C26H37N5O5/c1-8-35-23-13-17(9-12-22(23)34-7)19-14-18(36-16(2)32)10-11-20(19)28-25(33)24-21(30(3)4)15-27-26(29-24)31(5)6/h9,12-13,15,18-20H,8,10-11,14H2,1-7H3,(H,28,33). The van der Waals surface area contributed by atoms with Crippen LogP contribution in [0.1, 0.15) is 55.1 Å². The molecule has 2 aromatic rings. The molecule has 3 atom stereocenters. The van der Waals surface area contributed by atoms with Crippen LogP contribution < -0.4 is 24.6 Å². The van der Waals surface area contributed by atoms with Crippen LogP contribution in [0.4, 0.5) is 11.6 Å². The Morgan fingerprint density at radius 2 is 1.86 bits per heavy atom. The molecule has 10 nitrogen and oxygen atoms in total. The van der Waals surface area contributed by atoms with Crippen molar-refractivity contribution in [2.24, 2.45) is 0 Å². The molecule has 0 saturated heterocycles. The second-order valence-electron chi connectivity index (χ2n) is 9.27. The number of benzene rings is 1. The van der Waals surface area contributed by atoms with Crippen molar-refractivity contribution in [2.45, 2.75) is 51.2 Å². The highest BCUT2D eigenvalue weighted by molar-refractivity contribution is 5.98. The zero-order valence-corrected chi connectivity index (χ0v) is 22.2. The largest absolute Gasteiger partial charge is 0.493 e. The molecule has 3 rings (SSSR count). The first-order valence-electron chi connectivity index (χ1n) is 12.1. The third-order valence-corrected chi connectivity index (χ3v) is 6.22. The molecule has 1 heterocycles. The zero-order valence-electron chi connectivity index (χ0n) is 22.2. The first-order valence-corrected chi connectivity index (χ1v) is 12.1. The van der Waals surface area contributed by atoms with Gasteiger partial charge in [-0.2, -0.15) is 0 Å². The Labute approximate surface area is 212 Å². The van der Waals surface area contributed by atoms with Crippen molar-refractivity contribution in [3.05, 3.63) is 35.7 Å². The minimum Gasteiger partial charge on any atom is -0.493 e. The number of carbonyl (C=O) groups excluding carboxylic acids is 2. The van der Waals surface area contributed by atoms with E-state index in [0.717, 1.165) is 5.56 Å². The van der Waals surface area contributed by atoms with Crippen LogP contribution in [0, 0.1) is 0 Å².